The van der Waals surface area contributed by atoms with Gasteiger partial charge in [-0.15, -0.1) is 11.3 Å². The molecule has 6 rings (SSSR count). The van der Waals surface area contributed by atoms with Crippen molar-refractivity contribution in [2.24, 2.45) is 11.8 Å². The molecule has 5 nitrogen and oxygen atoms in total. The zero-order chi connectivity index (χ0) is 17.7. The maximum Gasteiger partial charge on any atom is 0.223 e. The van der Waals surface area contributed by atoms with Crippen molar-refractivity contribution in [3.05, 3.63) is 35.0 Å². The summed E-state index contributed by atoms with van der Waals surface area (Å²) in [5.41, 5.74) is 0.924. The first-order valence-corrected chi connectivity index (χ1v) is 10.1. The lowest BCUT2D eigenvalue weighted by Crippen LogP contribution is -2.47. The number of nitrogens with zero attached hydrogens (tertiary/aromatic N) is 3. The third kappa shape index (κ3) is 2.87. The molecule has 6 heteroatoms. The van der Waals surface area contributed by atoms with Gasteiger partial charge in [0.1, 0.15) is 0 Å². The predicted octanol–water partition coefficient (Wildman–Crippen LogP) is 4.17. The molecule has 2 aromatic heterocycles. The number of Topliss-reactive ketones (excluding diaryl/α,β-unsaturated/α-hetero) is 1. The van der Waals surface area contributed by atoms with E-state index in [-0.39, 0.29) is 0 Å². The molecule has 3 saturated heterocycles. The summed E-state index contributed by atoms with van der Waals surface area (Å²) in [5.74, 6) is 2.72. The first-order valence-electron chi connectivity index (χ1n) is 9.25. The van der Waals surface area contributed by atoms with Crippen LogP contribution < -0.4 is 0 Å². The fourth-order valence-electron chi connectivity index (χ4n) is 4.38. The van der Waals surface area contributed by atoms with Crippen LogP contribution in [0.15, 0.2) is 28.8 Å². The Hall–Kier alpha value is -2.05. The molecule has 1 atom stereocenters. The summed E-state index contributed by atoms with van der Waals surface area (Å²) in [6, 6.07) is 8.11. The Labute approximate surface area is 156 Å². The molecule has 3 aliphatic rings. The average molecular weight is 367 g/mol. The van der Waals surface area contributed by atoms with Gasteiger partial charge in [0.05, 0.1) is 4.88 Å². The van der Waals surface area contributed by atoms with Crippen molar-refractivity contribution < 1.29 is 9.32 Å². The first kappa shape index (κ1) is 16.1. The highest BCUT2D eigenvalue weighted by Crippen LogP contribution is 2.36. The van der Waals surface area contributed by atoms with Crippen LogP contribution in [0.5, 0.6) is 0 Å². The number of carbonyl (C=O) groups excluding carboxylic acids is 1. The fraction of sp³-hybridized carbons (Fsp3) is 0.450. The molecule has 0 N–H and O–H groups in total. The minimum Gasteiger partial charge on any atom is -0.339 e. The second kappa shape index (κ2) is 6.28. The van der Waals surface area contributed by atoms with Gasteiger partial charge in [-0.2, -0.15) is 4.98 Å². The number of benzene rings is 1. The van der Waals surface area contributed by atoms with E-state index in [9.17, 15) is 4.79 Å². The number of ketones is 1. The quantitative estimate of drug-likeness (QED) is 0.648. The van der Waals surface area contributed by atoms with Gasteiger partial charge in [-0.1, -0.05) is 17.3 Å². The van der Waals surface area contributed by atoms with Crippen molar-refractivity contribution in [1.82, 2.24) is 15.0 Å². The van der Waals surface area contributed by atoms with Crippen LogP contribution in [-0.2, 0) is 0 Å². The van der Waals surface area contributed by atoms with Crippen LogP contribution in [0.4, 0.5) is 0 Å². The van der Waals surface area contributed by atoms with Crippen LogP contribution in [0.25, 0.3) is 21.5 Å². The smallest absolute Gasteiger partial charge is 0.223 e. The van der Waals surface area contributed by atoms with E-state index >= 15 is 0 Å². The molecule has 3 aromatic rings. The predicted molar refractivity (Wildman–Crippen MR) is 101 cm³/mol. The SMILES string of the molecule is Cc1nc(-c2ccc3cc(C(=O)C[C@H]4CN5CCC4CC5)sc3c2)no1. The monoisotopic (exact) mass is 367 g/mol. The molecule has 26 heavy (non-hydrogen) atoms. The summed E-state index contributed by atoms with van der Waals surface area (Å²) in [7, 11) is 0. The van der Waals surface area contributed by atoms with Gasteiger partial charge in [0.15, 0.2) is 5.78 Å². The molecule has 0 radical (unpaired) electrons. The van der Waals surface area contributed by atoms with Gasteiger partial charge < -0.3 is 9.42 Å². The van der Waals surface area contributed by atoms with E-state index in [2.05, 4.69) is 21.1 Å². The van der Waals surface area contributed by atoms with Gasteiger partial charge >= 0.3 is 0 Å². The Morgan fingerprint density at radius 1 is 1.31 bits per heavy atom. The highest BCUT2D eigenvalue weighted by molar-refractivity contribution is 7.20. The number of carbonyl (C=O) groups is 1. The molecule has 0 amide bonds. The average Bonchev–Trinajstić information content (AvgIpc) is 3.28. The second-order valence-electron chi connectivity index (χ2n) is 7.53. The van der Waals surface area contributed by atoms with Crippen LogP contribution in [-0.4, -0.2) is 40.5 Å². The van der Waals surface area contributed by atoms with Crippen molar-refractivity contribution in [3.8, 4) is 11.4 Å². The van der Waals surface area contributed by atoms with Crippen molar-refractivity contribution in [1.29, 1.82) is 0 Å². The molecular formula is C20H21N3O2S. The minimum atomic E-state index is 0.293. The standard InChI is InChI=1S/C20H21N3O2S/c1-12-21-20(22-25-12)15-3-2-14-9-19(26-18(14)10-15)17(24)8-16-11-23-6-4-13(16)5-7-23/h2-3,9-10,13,16H,4-8,11H2,1H3/t16-/m0/s1. The largest absolute Gasteiger partial charge is 0.339 e. The third-order valence-electron chi connectivity index (χ3n) is 5.82. The number of aryl methyl sites for hydroxylation is 1. The topological polar surface area (TPSA) is 59.2 Å². The maximum atomic E-state index is 12.9. The van der Waals surface area contributed by atoms with Crippen LogP contribution in [0.1, 0.15) is 34.8 Å². The molecule has 0 saturated carbocycles. The first-order chi connectivity index (χ1) is 12.7. The van der Waals surface area contributed by atoms with E-state index in [0.29, 0.717) is 29.8 Å². The number of rotatable bonds is 4. The summed E-state index contributed by atoms with van der Waals surface area (Å²) in [6.07, 6.45) is 3.21. The van der Waals surface area contributed by atoms with E-state index in [1.807, 2.05) is 18.2 Å². The Balaban J connectivity index is 1.38. The van der Waals surface area contributed by atoms with Crippen LogP contribution >= 0.6 is 11.3 Å². The Morgan fingerprint density at radius 2 is 2.15 bits per heavy atom. The molecule has 2 bridgehead atoms. The van der Waals surface area contributed by atoms with Gasteiger partial charge in [-0.05, 0) is 55.3 Å². The van der Waals surface area contributed by atoms with E-state index in [4.69, 9.17) is 4.52 Å². The fourth-order valence-corrected chi connectivity index (χ4v) is 5.43. The van der Waals surface area contributed by atoms with Gasteiger partial charge in [0, 0.05) is 30.2 Å². The Kier molecular flexibility index (Phi) is 3.90. The summed E-state index contributed by atoms with van der Waals surface area (Å²) >= 11 is 1.58. The zero-order valence-electron chi connectivity index (χ0n) is 14.8. The molecule has 1 aromatic carbocycles. The normalized spacial score (nSPS) is 25.0. The Morgan fingerprint density at radius 3 is 2.85 bits per heavy atom. The Bertz CT molecular complexity index is 969. The van der Waals surface area contributed by atoms with Gasteiger partial charge in [-0.3, -0.25) is 4.79 Å². The number of piperidine rings is 3. The van der Waals surface area contributed by atoms with Crippen molar-refractivity contribution in [2.75, 3.05) is 19.6 Å². The second-order valence-corrected chi connectivity index (χ2v) is 8.61. The van der Waals surface area contributed by atoms with Crippen molar-refractivity contribution >= 4 is 27.2 Å². The minimum absolute atomic E-state index is 0.293. The highest BCUT2D eigenvalue weighted by atomic mass is 32.1. The lowest BCUT2D eigenvalue weighted by Gasteiger charge is -2.44. The molecule has 0 unspecified atom stereocenters. The summed E-state index contributed by atoms with van der Waals surface area (Å²) in [5, 5.41) is 5.09. The number of fused-ring (bicyclic) bond motifs is 4. The molecule has 5 heterocycles. The third-order valence-corrected chi connectivity index (χ3v) is 6.96. The number of hydrogen-bond donors (Lipinski definition) is 0. The lowest BCUT2D eigenvalue weighted by molar-refractivity contribution is 0.0442. The number of hydrogen-bond acceptors (Lipinski definition) is 6. The van der Waals surface area contributed by atoms with E-state index in [1.54, 1.807) is 18.3 Å². The van der Waals surface area contributed by atoms with Crippen LogP contribution in [0.3, 0.4) is 0 Å². The molecule has 0 spiro atoms. The van der Waals surface area contributed by atoms with E-state index < -0.39 is 0 Å². The zero-order valence-corrected chi connectivity index (χ0v) is 15.6. The highest BCUT2D eigenvalue weighted by Gasteiger charge is 2.35. The molecular weight excluding hydrogens is 346 g/mol. The van der Waals surface area contributed by atoms with Crippen LogP contribution in [0.2, 0.25) is 0 Å². The summed E-state index contributed by atoms with van der Waals surface area (Å²) in [6.45, 7) is 5.32. The maximum absolute atomic E-state index is 12.9. The van der Waals surface area contributed by atoms with Crippen LogP contribution in [0, 0.1) is 18.8 Å². The molecule has 0 aliphatic carbocycles. The van der Waals surface area contributed by atoms with E-state index in [0.717, 1.165) is 33.0 Å². The molecule has 3 aliphatic heterocycles. The lowest BCUT2D eigenvalue weighted by atomic mass is 9.76. The van der Waals surface area contributed by atoms with Crippen molar-refractivity contribution in [3.63, 3.8) is 0 Å². The van der Waals surface area contributed by atoms with E-state index in [1.165, 1.54) is 25.9 Å². The number of thiophene rings is 1. The van der Waals surface area contributed by atoms with Gasteiger partial charge in [0.2, 0.25) is 11.7 Å². The number of aromatic nitrogens is 2. The summed E-state index contributed by atoms with van der Waals surface area (Å²) in [4.78, 5) is 20.5. The van der Waals surface area contributed by atoms with Crippen molar-refractivity contribution in [2.45, 2.75) is 26.2 Å². The summed E-state index contributed by atoms with van der Waals surface area (Å²) < 4.78 is 6.17. The molecule has 134 valence electrons. The van der Waals surface area contributed by atoms with Gasteiger partial charge in [-0.25, -0.2) is 0 Å². The van der Waals surface area contributed by atoms with Gasteiger partial charge in [0.25, 0.3) is 0 Å². The molecule has 3 fully saturated rings.